The zero-order chi connectivity index (χ0) is 15.5. The van der Waals surface area contributed by atoms with Gasteiger partial charge in [-0.1, -0.05) is 30.4 Å². The Balaban J connectivity index is 2.00. The Hall–Kier alpha value is -1.02. The van der Waals surface area contributed by atoms with E-state index in [1.54, 1.807) is 31.4 Å². The van der Waals surface area contributed by atoms with E-state index in [0.29, 0.717) is 17.7 Å². The molecule has 0 radical (unpaired) electrons. The van der Waals surface area contributed by atoms with E-state index in [9.17, 15) is 8.42 Å². The molecule has 0 atom stereocenters. The van der Waals surface area contributed by atoms with E-state index in [1.807, 2.05) is 0 Å². The number of methoxy groups -OCH3 is 1. The number of ether oxygens (including phenoxy) is 1. The molecule has 1 aromatic rings. The smallest absolute Gasteiger partial charge is 0.215 e. The van der Waals surface area contributed by atoms with Gasteiger partial charge >= 0.3 is 0 Å². The van der Waals surface area contributed by atoms with Crippen molar-refractivity contribution < 1.29 is 13.2 Å². The van der Waals surface area contributed by atoms with Crippen LogP contribution in [0.15, 0.2) is 24.3 Å². The quantitative estimate of drug-likeness (QED) is 0.738. The first-order valence-electron chi connectivity index (χ1n) is 6.77. The Morgan fingerprint density at radius 1 is 1.48 bits per heavy atom. The summed E-state index contributed by atoms with van der Waals surface area (Å²) < 4.78 is 32.3. The molecule has 1 aromatic carbocycles. The molecule has 0 spiro atoms. The Morgan fingerprint density at radius 3 is 2.71 bits per heavy atom. The van der Waals surface area contributed by atoms with Crippen molar-refractivity contribution in [1.29, 1.82) is 0 Å². The average molecular weight is 328 g/mol. The largest absolute Gasteiger partial charge is 0.389 e. The van der Waals surface area contributed by atoms with Crippen LogP contribution >= 0.6 is 12.2 Å². The Labute approximate surface area is 130 Å². The summed E-state index contributed by atoms with van der Waals surface area (Å²) in [5, 5.41) is 0. The lowest BCUT2D eigenvalue weighted by molar-refractivity contribution is -0.0659. The molecule has 1 fully saturated rings. The highest BCUT2D eigenvalue weighted by Gasteiger charge is 2.37. The minimum Gasteiger partial charge on any atom is -0.389 e. The van der Waals surface area contributed by atoms with Gasteiger partial charge in [-0.3, -0.25) is 0 Å². The molecule has 116 valence electrons. The molecule has 0 bridgehead atoms. The molecule has 0 aliphatic heterocycles. The van der Waals surface area contributed by atoms with E-state index in [4.69, 9.17) is 22.7 Å². The van der Waals surface area contributed by atoms with Crippen LogP contribution in [0.5, 0.6) is 0 Å². The second-order valence-electron chi connectivity index (χ2n) is 5.39. The first-order chi connectivity index (χ1) is 9.86. The van der Waals surface area contributed by atoms with Gasteiger partial charge in [0.25, 0.3) is 0 Å². The molecule has 3 N–H and O–H groups in total. The molecular formula is C14H20N2O3S2. The topological polar surface area (TPSA) is 81.4 Å². The third kappa shape index (κ3) is 4.23. The van der Waals surface area contributed by atoms with E-state index < -0.39 is 10.0 Å². The maximum Gasteiger partial charge on any atom is 0.215 e. The van der Waals surface area contributed by atoms with Crippen LogP contribution in [-0.2, 0) is 20.5 Å². The summed E-state index contributed by atoms with van der Waals surface area (Å²) in [6, 6.07) is 6.97. The van der Waals surface area contributed by atoms with Gasteiger partial charge in [0.1, 0.15) is 4.99 Å². The van der Waals surface area contributed by atoms with Gasteiger partial charge in [-0.05, 0) is 30.9 Å². The summed E-state index contributed by atoms with van der Waals surface area (Å²) in [4.78, 5) is 0.259. The minimum absolute atomic E-state index is 0.0940. The number of thiocarbonyl (C=S) groups is 1. The summed E-state index contributed by atoms with van der Waals surface area (Å²) in [5.41, 5.74) is 6.56. The maximum atomic E-state index is 12.2. The Bertz CT molecular complexity index is 619. The van der Waals surface area contributed by atoms with Crippen LogP contribution in [0, 0.1) is 0 Å². The zero-order valence-corrected chi connectivity index (χ0v) is 13.6. The summed E-state index contributed by atoms with van der Waals surface area (Å²) >= 11 is 4.90. The zero-order valence-electron chi connectivity index (χ0n) is 12.0. The normalized spacial score (nSPS) is 17.2. The molecule has 1 aliphatic rings. The molecule has 1 aliphatic carbocycles. The predicted molar refractivity (Wildman–Crippen MR) is 86.5 cm³/mol. The van der Waals surface area contributed by atoms with Crippen molar-refractivity contribution in [3.63, 3.8) is 0 Å². The van der Waals surface area contributed by atoms with Crippen molar-refractivity contribution in [3.05, 3.63) is 35.4 Å². The molecule has 0 heterocycles. The predicted octanol–water partition coefficient (Wildman–Crippen LogP) is 1.31. The number of nitrogens with one attached hydrogen (secondary N) is 1. The van der Waals surface area contributed by atoms with Crippen LogP contribution in [0.3, 0.4) is 0 Å². The van der Waals surface area contributed by atoms with Gasteiger partial charge in [0, 0.05) is 19.2 Å². The van der Waals surface area contributed by atoms with Crippen molar-refractivity contribution in [2.24, 2.45) is 5.73 Å². The van der Waals surface area contributed by atoms with Crippen molar-refractivity contribution in [2.75, 3.05) is 13.7 Å². The van der Waals surface area contributed by atoms with Crippen LogP contribution in [-0.4, -0.2) is 32.7 Å². The maximum absolute atomic E-state index is 12.2. The third-order valence-electron chi connectivity index (χ3n) is 3.88. The lowest BCUT2D eigenvalue weighted by Crippen LogP contribution is -2.49. The number of hydrogen-bond acceptors (Lipinski definition) is 4. The van der Waals surface area contributed by atoms with E-state index in [2.05, 4.69) is 4.72 Å². The van der Waals surface area contributed by atoms with Crippen molar-refractivity contribution >= 4 is 27.2 Å². The summed E-state index contributed by atoms with van der Waals surface area (Å²) in [6.45, 7) is 0.320. The van der Waals surface area contributed by atoms with Crippen LogP contribution in [0.1, 0.15) is 30.4 Å². The van der Waals surface area contributed by atoms with Crippen molar-refractivity contribution in [1.82, 2.24) is 4.72 Å². The molecule has 1 saturated carbocycles. The monoisotopic (exact) mass is 328 g/mol. The number of nitrogens with two attached hydrogens (primary N) is 1. The highest BCUT2D eigenvalue weighted by Crippen LogP contribution is 2.34. The fourth-order valence-corrected chi connectivity index (χ4v) is 3.68. The SMILES string of the molecule is COC1(CNS(=O)(=O)Cc2cccc(C(N)=S)c2)CCC1. The van der Waals surface area contributed by atoms with Crippen LogP contribution in [0.4, 0.5) is 0 Å². The standard InChI is InChI=1S/C14H20N2O3S2/c1-19-14(6-3-7-14)10-16-21(17,18)9-11-4-2-5-12(8-11)13(15)20/h2,4-5,8,16H,3,6-7,9-10H2,1H3,(H2,15,20). The molecule has 0 aromatic heterocycles. The lowest BCUT2D eigenvalue weighted by Gasteiger charge is -2.40. The van der Waals surface area contributed by atoms with Gasteiger partial charge in [-0.2, -0.15) is 0 Å². The summed E-state index contributed by atoms with van der Waals surface area (Å²) in [5.74, 6) is -0.0940. The second kappa shape index (κ2) is 6.39. The molecular weight excluding hydrogens is 308 g/mol. The van der Waals surface area contributed by atoms with E-state index in [-0.39, 0.29) is 16.3 Å². The van der Waals surface area contributed by atoms with E-state index >= 15 is 0 Å². The third-order valence-corrected chi connectivity index (χ3v) is 5.41. The van der Waals surface area contributed by atoms with Gasteiger partial charge in [0.05, 0.1) is 11.4 Å². The van der Waals surface area contributed by atoms with E-state index in [0.717, 1.165) is 19.3 Å². The van der Waals surface area contributed by atoms with Gasteiger partial charge in [0.2, 0.25) is 10.0 Å². The number of hydrogen-bond donors (Lipinski definition) is 2. The average Bonchev–Trinajstić information content (AvgIpc) is 2.37. The Morgan fingerprint density at radius 2 is 2.19 bits per heavy atom. The summed E-state index contributed by atoms with van der Waals surface area (Å²) in [6.07, 6.45) is 2.86. The second-order valence-corrected chi connectivity index (χ2v) is 7.63. The van der Waals surface area contributed by atoms with Crippen LogP contribution in [0.25, 0.3) is 0 Å². The molecule has 21 heavy (non-hydrogen) atoms. The van der Waals surface area contributed by atoms with Gasteiger partial charge in [-0.15, -0.1) is 0 Å². The van der Waals surface area contributed by atoms with Gasteiger partial charge in [-0.25, -0.2) is 13.1 Å². The number of rotatable bonds is 7. The van der Waals surface area contributed by atoms with E-state index in [1.165, 1.54) is 0 Å². The molecule has 5 nitrogen and oxygen atoms in total. The van der Waals surface area contributed by atoms with Crippen LogP contribution < -0.4 is 10.5 Å². The number of benzene rings is 1. The molecule has 7 heteroatoms. The molecule has 2 rings (SSSR count). The van der Waals surface area contributed by atoms with Crippen LogP contribution in [0.2, 0.25) is 0 Å². The first-order valence-corrected chi connectivity index (χ1v) is 8.83. The lowest BCUT2D eigenvalue weighted by atomic mass is 9.80. The molecule has 0 saturated heterocycles. The fourth-order valence-electron chi connectivity index (χ4n) is 2.35. The van der Waals surface area contributed by atoms with Crippen molar-refractivity contribution in [2.45, 2.75) is 30.6 Å². The highest BCUT2D eigenvalue weighted by atomic mass is 32.2. The molecule has 0 unspecified atom stereocenters. The van der Waals surface area contributed by atoms with Crippen molar-refractivity contribution in [3.8, 4) is 0 Å². The Kier molecular flexibility index (Phi) is 4.98. The first kappa shape index (κ1) is 16.4. The van der Waals surface area contributed by atoms with Gasteiger partial charge < -0.3 is 10.5 Å². The molecule has 0 amide bonds. The minimum atomic E-state index is -3.41. The summed E-state index contributed by atoms with van der Waals surface area (Å²) in [7, 11) is -1.79. The van der Waals surface area contributed by atoms with Gasteiger partial charge in [0.15, 0.2) is 0 Å². The highest BCUT2D eigenvalue weighted by molar-refractivity contribution is 7.88. The fraction of sp³-hybridized carbons (Fsp3) is 0.500. The number of sulfonamides is 1.